The lowest BCUT2D eigenvalue weighted by molar-refractivity contribution is -0.121. The van der Waals surface area contributed by atoms with E-state index in [0.717, 1.165) is 11.3 Å². The Balaban J connectivity index is 1.55. The smallest absolute Gasteiger partial charge is 0.267 e. The van der Waals surface area contributed by atoms with Gasteiger partial charge in [-0.05, 0) is 48.9 Å². The summed E-state index contributed by atoms with van der Waals surface area (Å²) in [6.07, 6.45) is 3.31. The first-order valence-electron chi connectivity index (χ1n) is 10.8. The second-order valence-corrected chi connectivity index (χ2v) is 9.91. The van der Waals surface area contributed by atoms with Gasteiger partial charge in [-0.2, -0.15) is 0 Å². The first-order chi connectivity index (χ1) is 16.3. The maximum absolute atomic E-state index is 13.6. The number of fused-ring (bicyclic) bond motifs is 1. The zero-order valence-electron chi connectivity index (χ0n) is 18.7. The third kappa shape index (κ3) is 3.97. The van der Waals surface area contributed by atoms with Crippen LogP contribution in [0.3, 0.4) is 0 Å². The van der Waals surface area contributed by atoms with Gasteiger partial charge in [0.15, 0.2) is 0 Å². The van der Waals surface area contributed by atoms with E-state index in [9.17, 15) is 14.0 Å². The van der Waals surface area contributed by atoms with E-state index in [0.29, 0.717) is 52.4 Å². The van der Waals surface area contributed by atoms with Gasteiger partial charge in [-0.1, -0.05) is 30.0 Å². The SMILES string of the molecule is Cc1cccn2c(=O)c(/C=C3\SC(=S)N(C)C3=O)c(N3CCN(c4ccc(F)cc4)CC3)nc12. The van der Waals surface area contributed by atoms with Crippen molar-refractivity contribution in [3.05, 3.63) is 74.8 Å². The number of amides is 1. The highest BCUT2D eigenvalue weighted by Gasteiger charge is 2.30. The van der Waals surface area contributed by atoms with Crippen molar-refractivity contribution in [2.75, 3.05) is 43.0 Å². The van der Waals surface area contributed by atoms with Gasteiger partial charge in [0.1, 0.15) is 21.6 Å². The van der Waals surface area contributed by atoms with Crippen LogP contribution in [0.15, 0.2) is 52.3 Å². The molecule has 0 aliphatic carbocycles. The Hall–Kier alpha value is -3.24. The molecule has 2 aliphatic heterocycles. The van der Waals surface area contributed by atoms with E-state index < -0.39 is 0 Å². The summed E-state index contributed by atoms with van der Waals surface area (Å²) < 4.78 is 15.3. The van der Waals surface area contributed by atoms with Gasteiger partial charge >= 0.3 is 0 Å². The highest BCUT2D eigenvalue weighted by atomic mass is 32.2. The standard InChI is InChI=1S/C24H22FN5O2S2/c1-15-4-3-9-30-20(15)26-21(18(22(30)31)14-19-23(32)27(2)24(33)34-19)29-12-10-28(11-13-29)17-7-5-16(25)6-8-17/h3-9,14H,10-13H2,1-2H3/b19-14-. The van der Waals surface area contributed by atoms with E-state index in [1.165, 1.54) is 33.2 Å². The van der Waals surface area contributed by atoms with E-state index in [2.05, 4.69) is 9.80 Å². The van der Waals surface area contributed by atoms with Gasteiger partial charge in [-0.15, -0.1) is 0 Å². The van der Waals surface area contributed by atoms with Crippen LogP contribution in [-0.4, -0.2) is 57.7 Å². The Labute approximate surface area is 205 Å². The van der Waals surface area contributed by atoms with E-state index in [1.807, 2.05) is 19.1 Å². The molecule has 2 saturated heterocycles. The number of thioether (sulfide) groups is 1. The molecule has 2 aliphatic rings. The van der Waals surface area contributed by atoms with Crippen LogP contribution in [0.5, 0.6) is 0 Å². The van der Waals surface area contributed by atoms with Crippen LogP contribution in [-0.2, 0) is 4.79 Å². The minimum Gasteiger partial charge on any atom is -0.368 e. The molecule has 5 rings (SSSR count). The molecule has 0 bridgehead atoms. The number of pyridine rings is 1. The number of halogens is 1. The number of thiocarbonyl (C=S) groups is 1. The highest BCUT2D eigenvalue weighted by Crippen LogP contribution is 2.33. The minimum atomic E-state index is -0.263. The van der Waals surface area contributed by atoms with Crippen molar-refractivity contribution >= 4 is 57.4 Å². The largest absolute Gasteiger partial charge is 0.368 e. The number of carbonyl (C=O) groups excluding carboxylic acids is 1. The summed E-state index contributed by atoms with van der Waals surface area (Å²) in [5.41, 5.74) is 2.56. The number of nitrogens with zero attached hydrogens (tertiary/aromatic N) is 5. The number of aryl methyl sites for hydroxylation is 1. The van der Waals surface area contributed by atoms with Crippen LogP contribution >= 0.6 is 24.0 Å². The summed E-state index contributed by atoms with van der Waals surface area (Å²) in [4.78, 5) is 37.1. The number of carbonyl (C=O) groups is 1. The summed E-state index contributed by atoms with van der Waals surface area (Å²) in [6.45, 7) is 4.55. The maximum Gasteiger partial charge on any atom is 0.267 e. The monoisotopic (exact) mass is 495 g/mol. The predicted octanol–water partition coefficient (Wildman–Crippen LogP) is 3.30. The molecular formula is C24H22FN5O2S2. The van der Waals surface area contributed by atoms with Crippen molar-refractivity contribution in [2.24, 2.45) is 0 Å². The Morgan fingerprint density at radius 2 is 1.74 bits per heavy atom. The van der Waals surface area contributed by atoms with Gasteiger partial charge in [0, 0.05) is 45.1 Å². The molecule has 4 heterocycles. The van der Waals surface area contributed by atoms with E-state index in [1.54, 1.807) is 31.5 Å². The molecule has 0 radical (unpaired) electrons. The molecule has 0 spiro atoms. The van der Waals surface area contributed by atoms with Crippen LogP contribution in [0, 0.1) is 12.7 Å². The molecular weight excluding hydrogens is 473 g/mol. The number of aromatic nitrogens is 2. The molecule has 34 heavy (non-hydrogen) atoms. The Kier molecular flexibility index (Phi) is 5.86. The molecule has 2 fully saturated rings. The van der Waals surface area contributed by atoms with Crippen LogP contribution in [0.4, 0.5) is 15.9 Å². The fraction of sp³-hybridized carbons (Fsp3) is 0.250. The average molecular weight is 496 g/mol. The quantitative estimate of drug-likeness (QED) is 0.408. The van der Waals surface area contributed by atoms with Gasteiger partial charge < -0.3 is 9.80 Å². The number of likely N-dealkylation sites (N-methyl/N-ethyl adjacent to an activating group) is 1. The molecule has 3 aromatic rings. The van der Waals surface area contributed by atoms with Crippen molar-refractivity contribution in [2.45, 2.75) is 6.92 Å². The van der Waals surface area contributed by atoms with Gasteiger partial charge in [0.2, 0.25) is 0 Å². The Morgan fingerprint density at radius 1 is 1.06 bits per heavy atom. The molecule has 10 heteroatoms. The number of rotatable bonds is 3. The van der Waals surface area contributed by atoms with Gasteiger partial charge in [0.05, 0.1) is 10.5 Å². The number of hydrogen-bond donors (Lipinski definition) is 0. The van der Waals surface area contributed by atoms with E-state index in [-0.39, 0.29) is 17.3 Å². The van der Waals surface area contributed by atoms with Crippen molar-refractivity contribution in [3.63, 3.8) is 0 Å². The van der Waals surface area contributed by atoms with Crippen molar-refractivity contribution in [1.29, 1.82) is 0 Å². The van der Waals surface area contributed by atoms with Crippen molar-refractivity contribution in [1.82, 2.24) is 14.3 Å². The van der Waals surface area contributed by atoms with Crippen molar-refractivity contribution < 1.29 is 9.18 Å². The molecule has 2 aromatic heterocycles. The van der Waals surface area contributed by atoms with E-state index in [4.69, 9.17) is 17.2 Å². The summed E-state index contributed by atoms with van der Waals surface area (Å²) in [5, 5.41) is 0. The summed E-state index contributed by atoms with van der Waals surface area (Å²) in [7, 11) is 1.63. The fourth-order valence-electron chi connectivity index (χ4n) is 4.17. The highest BCUT2D eigenvalue weighted by molar-refractivity contribution is 8.26. The lowest BCUT2D eigenvalue weighted by Gasteiger charge is -2.37. The molecule has 7 nitrogen and oxygen atoms in total. The second-order valence-electron chi connectivity index (χ2n) is 8.23. The zero-order valence-corrected chi connectivity index (χ0v) is 20.3. The number of benzene rings is 1. The number of piperazine rings is 1. The third-order valence-electron chi connectivity index (χ3n) is 6.10. The Morgan fingerprint density at radius 3 is 2.38 bits per heavy atom. The summed E-state index contributed by atoms with van der Waals surface area (Å²) in [5.74, 6) is 0.0657. The zero-order chi connectivity index (χ0) is 24.0. The minimum absolute atomic E-state index is 0.226. The normalized spacial score (nSPS) is 18.0. The molecule has 0 atom stereocenters. The number of hydrogen-bond acceptors (Lipinski definition) is 7. The molecule has 174 valence electrons. The summed E-state index contributed by atoms with van der Waals surface area (Å²) >= 11 is 6.44. The molecule has 1 amide bonds. The maximum atomic E-state index is 13.6. The van der Waals surface area contributed by atoms with Gasteiger partial charge in [-0.3, -0.25) is 18.9 Å². The second kappa shape index (κ2) is 8.84. The van der Waals surface area contributed by atoms with Gasteiger partial charge in [0.25, 0.3) is 11.5 Å². The lowest BCUT2D eigenvalue weighted by Crippen LogP contribution is -2.47. The van der Waals surface area contributed by atoms with Crippen LogP contribution < -0.4 is 15.4 Å². The number of anilines is 2. The van der Waals surface area contributed by atoms with Crippen LogP contribution in [0.1, 0.15) is 11.1 Å². The van der Waals surface area contributed by atoms with Crippen LogP contribution in [0.25, 0.3) is 11.7 Å². The molecule has 0 unspecified atom stereocenters. The van der Waals surface area contributed by atoms with Crippen LogP contribution in [0.2, 0.25) is 0 Å². The Bertz CT molecular complexity index is 1390. The topological polar surface area (TPSA) is 61.2 Å². The van der Waals surface area contributed by atoms with Crippen molar-refractivity contribution in [3.8, 4) is 0 Å². The first-order valence-corrected chi connectivity index (χ1v) is 12.0. The fourth-order valence-corrected chi connectivity index (χ4v) is 5.33. The molecule has 0 N–H and O–H groups in total. The molecule has 0 saturated carbocycles. The third-order valence-corrected chi connectivity index (χ3v) is 7.58. The first kappa shape index (κ1) is 22.5. The van der Waals surface area contributed by atoms with E-state index >= 15 is 0 Å². The predicted molar refractivity (Wildman–Crippen MR) is 138 cm³/mol. The summed E-state index contributed by atoms with van der Waals surface area (Å²) in [6, 6.07) is 10.2. The average Bonchev–Trinajstić information content (AvgIpc) is 3.08. The van der Waals surface area contributed by atoms with Gasteiger partial charge in [-0.25, -0.2) is 9.37 Å². The molecule has 1 aromatic carbocycles. The lowest BCUT2D eigenvalue weighted by atomic mass is 10.2.